The van der Waals surface area contributed by atoms with E-state index in [1.165, 1.54) is 4.57 Å². The average Bonchev–Trinajstić information content (AvgIpc) is 3.26. The fourth-order valence-electron chi connectivity index (χ4n) is 3.18. The van der Waals surface area contributed by atoms with Crippen LogP contribution >= 0.6 is 0 Å². The summed E-state index contributed by atoms with van der Waals surface area (Å²) in [6, 6.07) is 14.8. The highest BCUT2D eigenvalue weighted by Gasteiger charge is 2.23. The summed E-state index contributed by atoms with van der Waals surface area (Å²) in [5, 5.41) is 19.2. The smallest absolute Gasteiger partial charge is 0.419 e. The Labute approximate surface area is 167 Å². The van der Waals surface area contributed by atoms with Crippen LogP contribution in [0, 0.1) is 22.7 Å². The number of ether oxygens (including phenoxy) is 1. The van der Waals surface area contributed by atoms with Crippen molar-refractivity contribution in [2.24, 2.45) is 0 Å². The molecule has 0 N–H and O–H groups in total. The van der Waals surface area contributed by atoms with Gasteiger partial charge in [0.05, 0.1) is 22.8 Å². The van der Waals surface area contributed by atoms with Gasteiger partial charge in [0.15, 0.2) is 5.69 Å². The molecule has 3 heterocycles. The number of benzene rings is 1. The first kappa shape index (κ1) is 18.3. The Hall–Kier alpha value is -4.10. The van der Waals surface area contributed by atoms with E-state index in [4.69, 9.17) is 10.00 Å². The summed E-state index contributed by atoms with van der Waals surface area (Å²) in [6.45, 7) is 5.41. The van der Waals surface area contributed by atoms with Gasteiger partial charge in [-0.1, -0.05) is 6.07 Å². The van der Waals surface area contributed by atoms with Crippen molar-refractivity contribution in [3.8, 4) is 23.4 Å². The molecule has 0 atom stereocenters. The molecule has 0 saturated carbocycles. The molecule has 142 valence electrons. The maximum absolute atomic E-state index is 13.0. The molecule has 0 bridgehead atoms. The number of carbonyl (C=O) groups excluding carboxylic acids is 1. The molecule has 0 spiro atoms. The van der Waals surface area contributed by atoms with Gasteiger partial charge in [-0.2, -0.15) is 10.5 Å². The highest BCUT2D eigenvalue weighted by Crippen LogP contribution is 2.30. The summed E-state index contributed by atoms with van der Waals surface area (Å²) in [5.74, 6) is 0. The molecule has 0 fully saturated rings. The lowest BCUT2D eigenvalue weighted by Crippen LogP contribution is -2.27. The lowest BCUT2D eigenvalue weighted by atomic mass is 10.1. The predicted octanol–water partition coefficient (Wildman–Crippen LogP) is 4.48. The summed E-state index contributed by atoms with van der Waals surface area (Å²) in [5.41, 5.74) is 2.64. The van der Waals surface area contributed by atoms with E-state index in [0.29, 0.717) is 28.1 Å². The third-order valence-electron chi connectivity index (χ3n) is 4.38. The van der Waals surface area contributed by atoms with Crippen LogP contribution in [-0.2, 0) is 4.74 Å². The van der Waals surface area contributed by atoms with Crippen molar-refractivity contribution in [3.63, 3.8) is 0 Å². The molecule has 29 heavy (non-hydrogen) atoms. The second-order valence-electron chi connectivity index (χ2n) is 7.65. The van der Waals surface area contributed by atoms with Crippen LogP contribution < -0.4 is 0 Å². The Morgan fingerprint density at radius 2 is 1.90 bits per heavy atom. The van der Waals surface area contributed by atoms with Gasteiger partial charge in [0.2, 0.25) is 0 Å². The number of carbonyl (C=O) groups is 1. The third kappa shape index (κ3) is 3.30. The highest BCUT2D eigenvalue weighted by molar-refractivity contribution is 5.97. The van der Waals surface area contributed by atoms with Crippen molar-refractivity contribution in [1.29, 1.82) is 10.5 Å². The van der Waals surface area contributed by atoms with E-state index in [9.17, 15) is 10.1 Å². The van der Waals surface area contributed by atoms with Gasteiger partial charge in [0.25, 0.3) is 0 Å². The minimum absolute atomic E-state index is 0.313. The van der Waals surface area contributed by atoms with Crippen LogP contribution in [-0.4, -0.2) is 25.6 Å². The minimum Gasteiger partial charge on any atom is -0.443 e. The molecule has 0 aliphatic rings. The highest BCUT2D eigenvalue weighted by atomic mass is 16.6. The Balaban J connectivity index is 1.96. The summed E-state index contributed by atoms with van der Waals surface area (Å²) in [4.78, 5) is 17.3. The zero-order chi connectivity index (χ0) is 20.8. The van der Waals surface area contributed by atoms with E-state index < -0.39 is 11.7 Å². The summed E-state index contributed by atoms with van der Waals surface area (Å²) in [6.07, 6.45) is 2.90. The van der Waals surface area contributed by atoms with Crippen molar-refractivity contribution in [2.45, 2.75) is 26.4 Å². The van der Waals surface area contributed by atoms with Gasteiger partial charge < -0.3 is 9.14 Å². The molecule has 4 aromatic rings. The topological polar surface area (TPSA) is 96.1 Å². The number of imidazole rings is 1. The van der Waals surface area contributed by atoms with Crippen molar-refractivity contribution >= 4 is 22.6 Å². The first-order valence-corrected chi connectivity index (χ1v) is 8.97. The fourth-order valence-corrected chi connectivity index (χ4v) is 3.18. The number of hydrogen-bond acceptors (Lipinski definition) is 5. The van der Waals surface area contributed by atoms with Crippen molar-refractivity contribution < 1.29 is 9.53 Å². The second-order valence-corrected chi connectivity index (χ2v) is 7.65. The second kappa shape index (κ2) is 6.50. The molecule has 4 rings (SSSR count). The Kier molecular flexibility index (Phi) is 4.10. The number of fused-ring (bicyclic) bond motifs is 2. The van der Waals surface area contributed by atoms with Gasteiger partial charge in [0.1, 0.15) is 17.3 Å². The summed E-state index contributed by atoms with van der Waals surface area (Å²) in [7, 11) is 0. The average molecular weight is 383 g/mol. The first-order chi connectivity index (χ1) is 13.8. The normalized spacial score (nSPS) is 11.3. The van der Waals surface area contributed by atoms with Gasteiger partial charge >= 0.3 is 6.09 Å². The van der Waals surface area contributed by atoms with Gasteiger partial charge in [0, 0.05) is 23.3 Å². The molecule has 0 amide bonds. The third-order valence-corrected chi connectivity index (χ3v) is 4.38. The van der Waals surface area contributed by atoms with Gasteiger partial charge in [-0.25, -0.2) is 14.3 Å². The number of rotatable bonds is 1. The molecule has 0 aliphatic carbocycles. The number of aromatic nitrogens is 3. The molecule has 3 aromatic heterocycles. The first-order valence-electron chi connectivity index (χ1n) is 8.97. The van der Waals surface area contributed by atoms with Crippen molar-refractivity contribution in [2.75, 3.05) is 0 Å². The van der Waals surface area contributed by atoms with Crippen molar-refractivity contribution in [1.82, 2.24) is 14.0 Å². The van der Waals surface area contributed by atoms with Crippen LogP contribution in [0.25, 0.3) is 27.8 Å². The van der Waals surface area contributed by atoms with Crippen LogP contribution in [0.15, 0.2) is 48.8 Å². The molecule has 0 unspecified atom stereocenters. The SMILES string of the molecule is CC(C)(C)OC(=O)n1c(-c2ccn3cc(C#N)nc3c2)cc2ccc(C#N)cc21. The largest absolute Gasteiger partial charge is 0.443 e. The van der Waals surface area contributed by atoms with Crippen LogP contribution in [0.4, 0.5) is 4.79 Å². The molecule has 0 saturated heterocycles. The quantitative estimate of drug-likeness (QED) is 0.483. The monoisotopic (exact) mass is 383 g/mol. The number of hydrogen-bond donors (Lipinski definition) is 0. The van der Waals surface area contributed by atoms with E-state index in [-0.39, 0.29) is 0 Å². The fraction of sp³-hybridized carbons (Fsp3) is 0.182. The minimum atomic E-state index is -0.674. The summed E-state index contributed by atoms with van der Waals surface area (Å²) >= 11 is 0. The Bertz CT molecular complexity index is 1360. The van der Waals surface area contributed by atoms with Gasteiger partial charge in [-0.3, -0.25) is 0 Å². The zero-order valence-corrected chi connectivity index (χ0v) is 16.2. The molecular formula is C22H17N5O2. The van der Waals surface area contributed by atoms with Crippen LogP contribution in [0.5, 0.6) is 0 Å². The number of pyridine rings is 1. The van der Waals surface area contributed by atoms with Crippen LogP contribution in [0.1, 0.15) is 32.0 Å². The van der Waals surface area contributed by atoms with Crippen molar-refractivity contribution in [3.05, 3.63) is 60.0 Å². The molecule has 0 aliphatic heterocycles. The van der Waals surface area contributed by atoms with Crippen LogP contribution in [0.2, 0.25) is 0 Å². The Morgan fingerprint density at radius 3 is 2.59 bits per heavy atom. The number of nitriles is 2. The van der Waals surface area contributed by atoms with E-state index in [0.717, 1.165) is 10.9 Å². The van der Waals surface area contributed by atoms with Crippen LogP contribution in [0.3, 0.4) is 0 Å². The predicted molar refractivity (Wildman–Crippen MR) is 107 cm³/mol. The molecule has 0 radical (unpaired) electrons. The lowest BCUT2D eigenvalue weighted by molar-refractivity contribution is 0.0547. The van der Waals surface area contributed by atoms with E-state index in [2.05, 4.69) is 11.1 Å². The molecule has 7 nitrogen and oxygen atoms in total. The van der Waals surface area contributed by atoms with E-state index >= 15 is 0 Å². The maximum atomic E-state index is 13.0. The Morgan fingerprint density at radius 1 is 1.10 bits per heavy atom. The molecule has 1 aromatic carbocycles. The molecule has 7 heteroatoms. The zero-order valence-electron chi connectivity index (χ0n) is 16.2. The van der Waals surface area contributed by atoms with Gasteiger partial charge in [-0.15, -0.1) is 0 Å². The lowest BCUT2D eigenvalue weighted by Gasteiger charge is -2.21. The van der Waals surface area contributed by atoms with Gasteiger partial charge in [-0.05, 0) is 51.1 Å². The van der Waals surface area contributed by atoms with E-state index in [1.54, 1.807) is 61.8 Å². The molecular weight excluding hydrogens is 366 g/mol. The summed E-state index contributed by atoms with van der Waals surface area (Å²) < 4.78 is 8.83. The standard InChI is InChI=1S/C22H17N5O2/c1-22(2,3)29-21(28)27-18-8-14(11-23)4-5-15(18)9-19(27)16-6-7-26-13-17(12-24)25-20(26)10-16/h4-10,13H,1-3H3. The van der Waals surface area contributed by atoms with E-state index in [1.807, 2.05) is 18.2 Å². The number of nitrogens with zero attached hydrogens (tertiary/aromatic N) is 5. The maximum Gasteiger partial charge on any atom is 0.419 e.